The lowest BCUT2D eigenvalue weighted by atomic mass is 10.1. The van der Waals surface area contributed by atoms with Gasteiger partial charge in [0.1, 0.15) is 0 Å². The molecule has 146 valence electrons. The molecular formula is C24H21ClN2OS. The number of anilines is 1. The van der Waals surface area contributed by atoms with Crippen molar-refractivity contribution in [3.05, 3.63) is 94.0 Å². The summed E-state index contributed by atoms with van der Waals surface area (Å²) in [5, 5.41) is 1.32. The number of aromatic nitrogens is 1. The lowest BCUT2D eigenvalue weighted by Crippen LogP contribution is -2.31. The van der Waals surface area contributed by atoms with Crippen molar-refractivity contribution < 1.29 is 4.79 Å². The molecule has 0 radical (unpaired) electrons. The summed E-state index contributed by atoms with van der Waals surface area (Å²) in [6, 6.07) is 21.7. The second kappa shape index (κ2) is 8.36. The molecule has 0 unspecified atom stereocenters. The number of benzene rings is 3. The van der Waals surface area contributed by atoms with E-state index in [2.05, 4.69) is 26.0 Å². The molecular weight excluding hydrogens is 400 g/mol. The average Bonchev–Trinajstić information content (AvgIpc) is 3.16. The molecule has 0 saturated carbocycles. The number of nitrogens with zero attached hydrogens (tertiary/aromatic N) is 2. The highest BCUT2D eigenvalue weighted by Crippen LogP contribution is 2.33. The van der Waals surface area contributed by atoms with Gasteiger partial charge in [-0.2, -0.15) is 0 Å². The molecule has 3 nitrogen and oxygen atoms in total. The molecule has 0 bridgehead atoms. The summed E-state index contributed by atoms with van der Waals surface area (Å²) in [7, 11) is 0. The minimum atomic E-state index is -0.0182. The molecule has 0 aliphatic carbocycles. The minimum absolute atomic E-state index is 0.0182. The summed E-state index contributed by atoms with van der Waals surface area (Å²) in [5.41, 5.74) is 5.21. The van der Waals surface area contributed by atoms with Gasteiger partial charge in [0.25, 0.3) is 0 Å². The minimum Gasteiger partial charge on any atom is -0.283 e. The molecule has 0 aliphatic heterocycles. The molecule has 29 heavy (non-hydrogen) atoms. The van der Waals surface area contributed by atoms with E-state index in [1.807, 2.05) is 54.6 Å². The Kier molecular flexibility index (Phi) is 5.65. The lowest BCUT2D eigenvalue weighted by molar-refractivity contribution is -0.118. The second-order valence-corrected chi connectivity index (χ2v) is 8.50. The Labute approximate surface area is 179 Å². The van der Waals surface area contributed by atoms with Crippen LogP contribution in [0.2, 0.25) is 5.02 Å². The van der Waals surface area contributed by atoms with Crippen LogP contribution in [0, 0.1) is 13.8 Å². The summed E-state index contributed by atoms with van der Waals surface area (Å²) >= 11 is 7.85. The van der Waals surface area contributed by atoms with E-state index in [-0.39, 0.29) is 12.3 Å². The summed E-state index contributed by atoms with van der Waals surface area (Å²) in [5.74, 6) is -0.0182. The van der Waals surface area contributed by atoms with Gasteiger partial charge in [0, 0.05) is 5.02 Å². The zero-order chi connectivity index (χ0) is 20.4. The highest BCUT2D eigenvalue weighted by Gasteiger charge is 2.22. The zero-order valence-electron chi connectivity index (χ0n) is 16.4. The van der Waals surface area contributed by atoms with Crippen molar-refractivity contribution in [2.45, 2.75) is 26.8 Å². The van der Waals surface area contributed by atoms with Gasteiger partial charge < -0.3 is 0 Å². The Morgan fingerprint density at radius 1 is 1.00 bits per heavy atom. The molecule has 5 heteroatoms. The van der Waals surface area contributed by atoms with E-state index in [4.69, 9.17) is 16.6 Å². The first-order valence-electron chi connectivity index (χ1n) is 9.47. The first-order chi connectivity index (χ1) is 14.0. The van der Waals surface area contributed by atoms with Gasteiger partial charge in [-0.3, -0.25) is 9.69 Å². The van der Waals surface area contributed by atoms with Crippen LogP contribution in [0.25, 0.3) is 10.2 Å². The van der Waals surface area contributed by atoms with E-state index in [1.54, 1.807) is 16.2 Å². The van der Waals surface area contributed by atoms with Crippen LogP contribution in [0.1, 0.15) is 22.3 Å². The summed E-state index contributed by atoms with van der Waals surface area (Å²) < 4.78 is 1.09. The van der Waals surface area contributed by atoms with Gasteiger partial charge in [0.15, 0.2) is 5.13 Å². The van der Waals surface area contributed by atoms with Crippen molar-refractivity contribution in [1.29, 1.82) is 0 Å². The van der Waals surface area contributed by atoms with Crippen LogP contribution in [0.4, 0.5) is 5.13 Å². The van der Waals surface area contributed by atoms with Crippen LogP contribution in [0.5, 0.6) is 0 Å². The molecule has 1 heterocycles. The third kappa shape index (κ3) is 4.19. The standard InChI is InChI=1S/C24H21ClN2OS/c1-16-12-13-21-23(17(16)2)26-24(29-21)27(15-18-8-4-3-5-9-18)22(28)14-19-10-6-7-11-20(19)25/h3-13H,14-15H2,1-2H3. The molecule has 1 aromatic heterocycles. The average molecular weight is 421 g/mol. The Morgan fingerprint density at radius 3 is 2.48 bits per heavy atom. The lowest BCUT2D eigenvalue weighted by Gasteiger charge is -2.20. The van der Waals surface area contributed by atoms with Gasteiger partial charge in [-0.05, 0) is 48.2 Å². The quantitative estimate of drug-likeness (QED) is 0.377. The number of aryl methyl sites for hydroxylation is 2. The fourth-order valence-corrected chi connectivity index (χ4v) is 4.50. The molecule has 0 spiro atoms. The number of carbonyl (C=O) groups is 1. The van der Waals surface area contributed by atoms with E-state index in [0.29, 0.717) is 11.6 Å². The van der Waals surface area contributed by atoms with Crippen molar-refractivity contribution in [2.75, 3.05) is 4.90 Å². The number of rotatable bonds is 5. The van der Waals surface area contributed by atoms with E-state index in [0.717, 1.165) is 32.0 Å². The number of hydrogen-bond donors (Lipinski definition) is 0. The molecule has 0 atom stereocenters. The van der Waals surface area contributed by atoms with E-state index < -0.39 is 0 Å². The van der Waals surface area contributed by atoms with E-state index in [9.17, 15) is 4.79 Å². The van der Waals surface area contributed by atoms with Crippen LogP contribution >= 0.6 is 22.9 Å². The van der Waals surface area contributed by atoms with Crippen LogP contribution in [0.3, 0.4) is 0 Å². The summed E-state index contributed by atoms with van der Waals surface area (Å²) in [6.07, 6.45) is 0.237. The van der Waals surface area contributed by atoms with Gasteiger partial charge in [0.05, 0.1) is 23.2 Å². The van der Waals surface area contributed by atoms with E-state index in [1.165, 1.54) is 5.56 Å². The first-order valence-corrected chi connectivity index (χ1v) is 10.7. The number of carbonyl (C=O) groups excluding carboxylic acids is 1. The monoisotopic (exact) mass is 420 g/mol. The molecule has 0 aliphatic rings. The van der Waals surface area contributed by atoms with Crippen LogP contribution in [-0.2, 0) is 17.8 Å². The van der Waals surface area contributed by atoms with Gasteiger partial charge in [-0.1, -0.05) is 77.5 Å². The maximum Gasteiger partial charge on any atom is 0.233 e. The topological polar surface area (TPSA) is 33.2 Å². The number of thiazole rings is 1. The fourth-order valence-electron chi connectivity index (χ4n) is 3.26. The fraction of sp³-hybridized carbons (Fsp3) is 0.167. The van der Waals surface area contributed by atoms with Crippen molar-refractivity contribution in [3.8, 4) is 0 Å². The maximum absolute atomic E-state index is 13.3. The Hall–Kier alpha value is -2.69. The molecule has 3 aromatic carbocycles. The molecule has 4 aromatic rings. The highest BCUT2D eigenvalue weighted by atomic mass is 35.5. The second-order valence-electron chi connectivity index (χ2n) is 7.08. The van der Waals surface area contributed by atoms with Crippen molar-refractivity contribution in [2.24, 2.45) is 0 Å². The smallest absolute Gasteiger partial charge is 0.233 e. The maximum atomic E-state index is 13.3. The molecule has 0 N–H and O–H groups in total. The number of amides is 1. The summed E-state index contributed by atoms with van der Waals surface area (Å²) in [6.45, 7) is 4.63. The van der Waals surface area contributed by atoms with Gasteiger partial charge >= 0.3 is 0 Å². The predicted molar refractivity (Wildman–Crippen MR) is 122 cm³/mol. The SMILES string of the molecule is Cc1ccc2sc(N(Cc3ccccc3)C(=O)Cc3ccccc3Cl)nc2c1C. The number of fused-ring (bicyclic) bond motifs is 1. The Morgan fingerprint density at radius 2 is 1.72 bits per heavy atom. The number of hydrogen-bond acceptors (Lipinski definition) is 3. The predicted octanol–water partition coefficient (Wildman–Crippen LogP) is 6.34. The Bertz CT molecular complexity index is 1170. The first kappa shape index (κ1) is 19.6. The van der Waals surface area contributed by atoms with Crippen LogP contribution in [-0.4, -0.2) is 10.9 Å². The molecule has 4 rings (SSSR count). The van der Waals surface area contributed by atoms with Gasteiger partial charge in [0.2, 0.25) is 5.91 Å². The van der Waals surface area contributed by atoms with Crippen LogP contribution < -0.4 is 4.90 Å². The molecule has 1 amide bonds. The molecule has 0 fully saturated rings. The van der Waals surface area contributed by atoms with Crippen molar-refractivity contribution in [3.63, 3.8) is 0 Å². The van der Waals surface area contributed by atoms with E-state index >= 15 is 0 Å². The van der Waals surface area contributed by atoms with Gasteiger partial charge in [-0.15, -0.1) is 0 Å². The largest absolute Gasteiger partial charge is 0.283 e. The molecule has 0 saturated heterocycles. The summed E-state index contributed by atoms with van der Waals surface area (Å²) in [4.78, 5) is 20.0. The normalized spacial score (nSPS) is 11.0. The number of halogens is 1. The van der Waals surface area contributed by atoms with Gasteiger partial charge in [-0.25, -0.2) is 4.98 Å². The zero-order valence-corrected chi connectivity index (χ0v) is 17.9. The van der Waals surface area contributed by atoms with Crippen molar-refractivity contribution >= 4 is 44.2 Å². The highest BCUT2D eigenvalue weighted by molar-refractivity contribution is 7.22. The third-order valence-corrected chi connectivity index (χ3v) is 6.50. The Balaban J connectivity index is 1.73. The van der Waals surface area contributed by atoms with Crippen molar-refractivity contribution in [1.82, 2.24) is 4.98 Å². The van der Waals surface area contributed by atoms with Crippen LogP contribution in [0.15, 0.2) is 66.7 Å². The third-order valence-electron chi connectivity index (χ3n) is 5.09.